The second-order valence-corrected chi connectivity index (χ2v) is 5.74. The lowest BCUT2D eigenvalue weighted by Crippen LogP contribution is -2.39. The van der Waals surface area contributed by atoms with E-state index in [0.717, 1.165) is 57.8 Å². The Morgan fingerprint density at radius 3 is 2.76 bits per heavy atom. The van der Waals surface area contributed by atoms with Gasteiger partial charge in [0.05, 0.1) is 5.69 Å². The molecular weight excluding hydrogens is 266 g/mol. The zero-order valence-corrected chi connectivity index (χ0v) is 13.1. The molecule has 0 atom stereocenters. The number of fused-ring (bicyclic) bond motifs is 1. The summed E-state index contributed by atoms with van der Waals surface area (Å²) in [5.74, 6) is 0.880. The number of aromatic nitrogens is 2. The highest BCUT2D eigenvalue weighted by atomic mass is 16.5. The first-order chi connectivity index (χ1) is 10.3. The SMILES string of the molecule is CCOC1(c2nc(CC)c3c(n2)CCNC3)CCOCC1. The molecule has 2 aliphatic heterocycles. The van der Waals surface area contributed by atoms with Crippen molar-refractivity contribution >= 4 is 0 Å². The lowest BCUT2D eigenvalue weighted by molar-refractivity contribution is -0.118. The normalized spacial score (nSPS) is 21.0. The van der Waals surface area contributed by atoms with Crippen LogP contribution in [0, 0.1) is 0 Å². The smallest absolute Gasteiger partial charge is 0.160 e. The van der Waals surface area contributed by atoms with Crippen molar-refractivity contribution in [3.8, 4) is 0 Å². The van der Waals surface area contributed by atoms with Gasteiger partial charge in [-0.25, -0.2) is 9.97 Å². The second kappa shape index (κ2) is 6.38. The van der Waals surface area contributed by atoms with Crippen molar-refractivity contribution in [3.63, 3.8) is 0 Å². The number of rotatable bonds is 4. The molecular formula is C16H25N3O2. The summed E-state index contributed by atoms with van der Waals surface area (Å²) in [4.78, 5) is 9.79. The lowest BCUT2D eigenvalue weighted by Gasteiger charge is -2.36. The third kappa shape index (κ3) is 2.82. The zero-order valence-electron chi connectivity index (χ0n) is 13.1. The molecule has 0 bridgehead atoms. The summed E-state index contributed by atoms with van der Waals surface area (Å²) < 4.78 is 11.6. The van der Waals surface area contributed by atoms with Crippen LogP contribution in [0.2, 0.25) is 0 Å². The van der Waals surface area contributed by atoms with Crippen molar-refractivity contribution in [2.45, 2.75) is 51.7 Å². The van der Waals surface area contributed by atoms with Gasteiger partial charge >= 0.3 is 0 Å². The van der Waals surface area contributed by atoms with Crippen molar-refractivity contribution in [2.24, 2.45) is 0 Å². The first-order valence-corrected chi connectivity index (χ1v) is 8.10. The van der Waals surface area contributed by atoms with Crippen molar-refractivity contribution in [3.05, 3.63) is 22.8 Å². The van der Waals surface area contributed by atoms with Gasteiger partial charge in [0.25, 0.3) is 0 Å². The fraction of sp³-hybridized carbons (Fsp3) is 0.750. The Labute approximate surface area is 126 Å². The fourth-order valence-electron chi connectivity index (χ4n) is 3.32. The predicted molar refractivity (Wildman–Crippen MR) is 80.2 cm³/mol. The molecule has 2 aliphatic rings. The number of aryl methyl sites for hydroxylation is 1. The molecule has 3 rings (SSSR count). The first-order valence-electron chi connectivity index (χ1n) is 8.10. The number of nitrogens with zero attached hydrogens (tertiary/aromatic N) is 2. The van der Waals surface area contributed by atoms with E-state index >= 15 is 0 Å². The minimum absolute atomic E-state index is 0.350. The van der Waals surface area contributed by atoms with E-state index in [-0.39, 0.29) is 5.60 Å². The van der Waals surface area contributed by atoms with Crippen LogP contribution in [-0.4, -0.2) is 36.3 Å². The van der Waals surface area contributed by atoms with Crippen molar-refractivity contribution in [1.29, 1.82) is 0 Å². The summed E-state index contributed by atoms with van der Waals surface area (Å²) in [5.41, 5.74) is 3.33. The van der Waals surface area contributed by atoms with Gasteiger partial charge in [0.2, 0.25) is 0 Å². The van der Waals surface area contributed by atoms with Gasteiger partial charge < -0.3 is 14.8 Å². The van der Waals surface area contributed by atoms with Crippen LogP contribution in [0.15, 0.2) is 0 Å². The number of ether oxygens (including phenoxy) is 2. The molecule has 0 saturated carbocycles. The maximum atomic E-state index is 6.13. The predicted octanol–water partition coefficient (Wildman–Crippen LogP) is 1.73. The maximum Gasteiger partial charge on any atom is 0.160 e. The molecule has 3 heterocycles. The Bertz CT molecular complexity index is 476. The molecule has 1 N–H and O–H groups in total. The Balaban J connectivity index is 2.03. The summed E-state index contributed by atoms with van der Waals surface area (Å²) in [6, 6.07) is 0. The molecule has 0 spiro atoms. The van der Waals surface area contributed by atoms with Gasteiger partial charge in [0, 0.05) is 63.4 Å². The summed E-state index contributed by atoms with van der Waals surface area (Å²) >= 11 is 0. The molecule has 21 heavy (non-hydrogen) atoms. The van der Waals surface area contributed by atoms with E-state index in [1.54, 1.807) is 0 Å². The van der Waals surface area contributed by atoms with Crippen LogP contribution >= 0.6 is 0 Å². The van der Waals surface area contributed by atoms with Gasteiger partial charge in [-0.1, -0.05) is 6.92 Å². The molecule has 5 heteroatoms. The fourth-order valence-corrected chi connectivity index (χ4v) is 3.32. The molecule has 1 aromatic heterocycles. The monoisotopic (exact) mass is 291 g/mol. The van der Waals surface area contributed by atoms with Crippen molar-refractivity contribution < 1.29 is 9.47 Å². The van der Waals surface area contributed by atoms with Crippen LogP contribution in [0.25, 0.3) is 0 Å². The van der Waals surface area contributed by atoms with E-state index in [0.29, 0.717) is 6.61 Å². The molecule has 0 amide bonds. The maximum absolute atomic E-state index is 6.13. The Morgan fingerprint density at radius 1 is 1.24 bits per heavy atom. The zero-order chi connectivity index (χ0) is 14.7. The van der Waals surface area contributed by atoms with Gasteiger partial charge in [0.15, 0.2) is 5.82 Å². The van der Waals surface area contributed by atoms with Gasteiger partial charge in [-0.2, -0.15) is 0 Å². The summed E-state index contributed by atoms with van der Waals surface area (Å²) in [6.07, 6.45) is 3.62. The van der Waals surface area contributed by atoms with Crippen LogP contribution < -0.4 is 5.32 Å². The van der Waals surface area contributed by atoms with Crippen LogP contribution in [0.3, 0.4) is 0 Å². The number of hydrogen-bond acceptors (Lipinski definition) is 5. The highest BCUT2D eigenvalue weighted by molar-refractivity contribution is 5.29. The third-order valence-corrected chi connectivity index (χ3v) is 4.48. The second-order valence-electron chi connectivity index (χ2n) is 5.74. The highest BCUT2D eigenvalue weighted by Crippen LogP contribution is 2.35. The summed E-state index contributed by atoms with van der Waals surface area (Å²) in [6.45, 7) is 8.23. The molecule has 1 saturated heterocycles. The Kier molecular flexibility index (Phi) is 4.52. The van der Waals surface area contributed by atoms with Crippen LogP contribution in [0.1, 0.15) is 49.5 Å². The molecule has 0 unspecified atom stereocenters. The van der Waals surface area contributed by atoms with Crippen LogP contribution in [0.5, 0.6) is 0 Å². The van der Waals surface area contributed by atoms with Gasteiger partial charge in [-0.15, -0.1) is 0 Å². The van der Waals surface area contributed by atoms with Crippen LogP contribution in [0.4, 0.5) is 0 Å². The Morgan fingerprint density at radius 2 is 2.05 bits per heavy atom. The topological polar surface area (TPSA) is 56.3 Å². The first kappa shape index (κ1) is 14.9. The quantitative estimate of drug-likeness (QED) is 0.915. The van der Waals surface area contributed by atoms with E-state index in [2.05, 4.69) is 12.2 Å². The molecule has 0 radical (unpaired) electrons. The summed E-state index contributed by atoms with van der Waals surface area (Å²) in [7, 11) is 0. The molecule has 0 aliphatic carbocycles. The lowest BCUT2D eigenvalue weighted by atomic mass is 9.91. The van der Waals surface area contributed by atoms with E-state index < -0.39 is 0 Å². The molecule has 1 fully saturated rings. The Hall–Kier alpha value is -1.04. The van der Waals surface area contributed by atoms with Crippen molar-refractivity contribution in [2.75, 3.05) is 26.4 Å². The molecule has 116 valence electrons. The third-order valence-electron chi connectivity index (χ3n) is 4.48. The van der Waals surface area contributed by atoms with Gasteiger partial charge in [-0.3, -0.25) is 0 Å². The van der Waals surface area contributed by atoms with Gasteiger partial charge in [-0.05, 0) is 13.3 Å². The van der Waals surface area contributed by atoms with E-state index in [9.17, 15) is 0 Å². The molecule has 0 aromatic carbocycles. The summed E-state index contributed by atoms with van der Waals surface area (Å²) in [5, 5.41) is 3.42. The average Bonchev–Trinajstić information content (AvgIpc) is 2.55. The average molecular weight is 291 g/mol. The highest BCUT2D eigenvalue weighted by Gasteiger charge is 2.39. The van der Waals surface area contributed by atoms with Crippen LogP contribution in [-0.2, 0) is 34.5 Å². The minimum atomic E-state index is -0.350. The number of hydrogen-bond donors (Lipinski definition) is 1. The number of nitrogens with one attached hydrogen (secondary N) is 1. The minimum Gasteiger partial charge on any atom is -0.381 e. The molecule has 5 nitrogen and oxygen atoms in total. The van der Waals surface area contributed by atoms with Crippen molar-refractivity contribution in [1.82, 2.24) is 15.3 Å². The van der Waals surface area contributed by atoms with E-state index in [1.807, 2.05) is 6.92 Å². The largest absolute Gasteiger partial charge is 0.381 e. The standard InChI is InChI=1S/C16H25N3O2/c1-3-13-12-11-17-8-5-14(12)19-15(18-13)16(21-4-2)6-9-20-10-7-16/h17H,3-11H2,1-2H3. The molecule has 1 aromatic rings. The van der Waals surface area contributed by atoms with E-state index in [4.69, 9.17) is 19.4 Å². The van der Waals surface area contributed by atoms with Gasteiger partial charge in [0.1, 0.15) is 5.60 Å². The van der Waals surface area contributed by atoms with E-state index in [1.165, 1.54) is 17.0 Å².